The van der Waals surface area contributed by atoms with Gasteiger partial charge < -0.3 is 2.85 Å². The molecule has 0 aromatic carbocycles. The standard InChI is InChI=1S/Cr.2Cu.Mg.Zr.2H/q;;;+2;;2*-1. The maximum atomic E-state index is 0. The van der Waals surface area contributed by atoms with E-state index in [1.807, 2.05) is 0 Å². The van der Waals surface area contributed by atoms with Crippen LogP contribution >= 0.6 is 0 Å². The Morgan fingerprint density at radius 1 is 1.00 bits per heavy atom. The second-order valence-electron chi connectivity index (χ2n) is 0. The van der Waals surface area contributed by atoms with E-state index in [9.17, 15) is 0 Å². The molecular formula is H2CrCu2MgZr. The van der Waals surface area contributed by atoms with Crippen LogP contribution in [-0.2, 0) is 77.7 Å². The fraction of sp³-hybridized carbons (Fsp3) is 0. The van der Waals surface area contributed by atoms with E-state index in [0.29, 0.717) is 0 Å². The summed E-state index contributed by atoms with van der Waals surface area (Å²) < 4.78 is 0. The monoisotopic (exact) mass is 294 g/mol. The number of hydrogen-bond acceptors (Lipinski definition) is 0. The van der Waals surface area contributed by atoms with Crippen molar-refractivity contribution in [3.8, 4) is 0 Å². The molecule has 0 unspecified atom stereocenters. The smallest absolute Gasteiger partial charge is 1.00 e. The van der Waals surface area contributed by atoms with Crippen molar-refractivity contribution < 1.29 is 80.6 Å². The Balaban J connectivity index is 0. The summed E-state index contributed by atoms with van der Waals surface area (Å²) in [6, 6.07) is 0. The third-order valence-electron chi connectivity index (χ3n) is 0. The van der Waals surface area contributed by atoms with Gasteiger partial charge in [-0.2, -0.15) is 0 Å². The average Bonchev–Trinajstić information content (AvgIpc) is 0. The zero-order chi connectivity index (χ0) is 0. The van der Waals surface area contributed by atoms with E-state index in [0.717, 1.165) is 0 Å². The van der Waals surface area contributed by atoms with Crippen molar-refractivity contribution in [3.63, 3.8) is 0 Å². The molecule has 5 heteroatoms. The molecule has 0 aliphatic heterocycles. The molecule has 0 aromatic heterocycles. The summed E-state index contributed by atoms with van der Waals surface area (Å²) in [5.41, 5.74) is 0. The largest absolute Gasteiger partial charge is 2.00 e. The summed E-state index contributed by atoms with van der Waals surface area (Å²) in [5.74, 6) is 0. The normalized spacial score (nSPS) is 0. The Morgan fingerprint density at radius 2 is 1.00 bits per heavy atom. The van der Waals surface area contributed by atoms with E-state index in [-0.39, 0.29) is 104 Å². The second kappa shape index (κ2) is 26.9. The quantitative estimate of drug-likeness (QED) is 0.545. The Morgan fingerprint density at radius 3 is 1.00 bits per heavy atom. The van der Waals surface area contributed by atoms with Crippen LogP contribution in [0.15, 0.2) is 0 Å². The van der Waals surface area contributed by atoms with Gasteiger partial charge in [0.25, 0.3) is 0 Å². The van der Waals surface area contributed by atoms with Crippen molar-refractivity contribution in [1.82, 2.24) is 0 Å². The summed E-state index contributed by atoms with van der Waals surface area (Å²) in [6.45, 7) is 0. The van der Waals surface area contributed by atoms with Gasteiger partial charge >= 0.3 is 23.1 Å². The number of rotatable bonds is 0. The summed E-state index contributed by atoms with van der Waals surface area (Å²) in [7, 11) is 0. The Hall–Kier alpha value is 3.22. The van der Waals surface area contributed by atoms with Gasteiger partial charge in [-0.15, -0.1) is 0 Å². The molecule has 0 heterocycles. The topological polar surface area (TPSA) is 0 Å². The summed E-state index contributed by atoms with van der Waals surface area (Å²) in [4.78, 5) is 0. The van der Waals surface area contributed by atoms with E-state index < -0.39 is 0 Å². The summed E-state index contributed by atoms with van der Waals surface area (Å²) in [5, 5.41) is 0. The van der Waals surface area contributed by atoms with Gasteiger partial charge in [0, 0.05) is 77.7 Å². The van der Waals surface area contributed by atoms with Crippen LogP contribution < -0.4 is 0 Å². The number of hydrogen-bond donors (Lipinski definition) is 0. The Bertz CT molecular complexity index is 15.7. The van der Waals surface area contributed by atoms with Crippen molar-refractivity contribution in [3.05, 3.63) is 0 Å². The molecule has 2 radical (unpaired) electrons. The summed E-state index contributed by atoms with van der Waals surface area (Å²) in [6.07, 6.45) is 0. The zero-order valence-electron chi connectivity index (χ0n) is 4.22. The molecule has 0 atom stereocenters. The molecular weight excluding hydrogens is 295 g/mol. The molecule has 0 aliphatic carbocycles. The first kappa shape index (κ1) is 41.3. The third-order valence-corrected chi connectivity index (χ3v) is 0. The third kappa shape index (κ3) is 19.0. The van der Waals surface area contributed by atoms with Gasteiger partial charge in [-0.25, -0.2) is 0 Å². The van der Waals surface area contributed by atoms with Crippen LogP contribution in [0.3, 0.4) is 0 Å². The molecule has 0 aliphatic rings. The van der Waals surface area contributed by atoms with Gasteiger partial charge in [0.1, 0.15) is 0 Å². The minimum Gasteiger partial charge on any atom is -1.00 e. The van der Waals surface area contributed by atoms with Crippen molar-refractivity contribution in [1.29, 1.82) is 0 Å². The predicted octanol–water partition coefficient (Wildman–Crippen LogP) is -0.166. The predicted molar refractivity (Wildman–Crippen MR) is 7.98 cm³/mol. The van der Waals surface area contributed by atoms with E-state index in [1.54, 1.807) is 0 Å². The fourth-order valence-electron chi connectivity index (χ4n) is 0. The van der Waals surface area contributed by atoms with Crippen molar-refractivity contribution in [2.24, 2.45) is 0 Å². The van der Waals surface area contributed by atoms with E-state index in [1.165, 1.54) is 0 Å². The van der Waals surface area contributed by atoms with Gasteiger partial charge in [0.2, 0.25) is 0 Å². The SMILES string of the molecule is [Cr].[Cu].[Cu].[H-].[H-].[Mg+2].[Zr]. The maximum absolute atomic E-state index is 0. The van der Waals surface area contributed by atoms with Crippen LogP contribution in [-0.4, -0.2) is 23.1 Å². The molecule has 36 valence electrons. The molecule has 0 amide bonds. The first-order valence-corrected chi connectivity index (χ1v) is 0. The molecule has 0 fully saturated rings. The van der Waals surface area contributed by atoms with Crippen molar-refractivity contribution in [2.45, 2.75) is 0 Å². The van der Waals surface area contributed by atoms with E-state index in [4.69, 9.17) is 0 Å². The fourth-order valence-corrected chi connectivity index (χ4v) is 0. The van der Waals surface area contributed by atoms with Crippen LogP contribution in [0, 0.1) is 0 Å². The van der Waals surface area contributed by atoms with Crippen LogP contribution in [0.1, 0.15) is 2.85 Å². The van der Waals surface area contributed by atoms with Gasteiger partial charge in [-0.3, -0.25) is 0 Å². The molecule has 0 saturated heterocycles. The van der Waals surface area contributed by atoms with Gasteiger partial charge in [0.05, 0.1) is 0 Å². The molecule has 0 N–H and O–H groups in total. The molecule has 0 saturated carbocycles. The van der Waals surface area contributed by atoms with Crippen molar-refractivity contribution in [2.75, 3.05) is 0 Å². The first-order valence-electron chi connectivity index (χ1n) is 0. The molecule has 5 heavy (non-hydrogen) atoms. The van der Waals surface area contributed by atoms with E-state index >= 15 is 0 Å². The molecule has 0 rings (SSSR count). The Labute approximate surface area is 102 Å². The van der Waals surface area contributed by atoms with Crippen LogP contribution in [0.4, 0.5) is 0 Å². The minimum absolute atomic E-state index is 0. The van der Waals surface area contributed by atoms with Crippen LogP contribution in [0.5, 0.6) is 0 Å². The minimum atomic E-state index is 0. The zero-order valence-corrected chi connectivity index (χ0v) is 9.25. The maximum Gasteiger partial charge on any atom is 2.00 e. The van der Waals surface area contributed by atoms with Crippen LogP contribution in [0.2, 0.25) is 0 Å². The molecule has 0 nitrogen and oxygen atoms in total. The van der Waals surface area contributed by atoms with Crippen LogP contribution in [0.25, 0.3) is 0 Å². The first-order chi connectivity index (χ1) is 0. The average molecular weight is 297 g/mol. The Kier molecular flexibility index (Phi) is 223. The van der Waals surface area contributed by atoms with Gasteiger partial charge in [-0.1, -0.05) is 0 Å². The van der Waals surface area contributed by atoms with E-state index in [2.05, 4.69) is 0 Å². The molecule has 0 aromatic rings. The summed E-state index contributed by atoms with van der Waals surface area (Å²) >= 11 is 0. The molecule has 0 spiro atoms. The van der Waals surface area contributed by atoms with Gasteiger partial charge in [0.15, 0.2) is 0 Å². The molecule has 0 bridgehead atoms. The van der Waals surface area contributed by atoms with Gasteiger partial charge in [-0.05, 0) is 0 Å². The van der Waals surface area contributed by atoms with Crippen molar-refractivity contribution >= 4 is 23.1 Å². The second-order valence-corrected chi connectivity index (χ2v) is 0.